The van der Waals surface area contributed by atoms with Crippen LogP contribution in [0.1, 0.15) is 47.0 Å². The van der Waals surface area contributed by atoms with Crippen molar-refractivity contribution in [3.8, 4) is 0 Å². The minimum Gasteiger partial charge on any atom is -0.393 e. The number of carbonyl (C=O) groups excluding carboxylic acids is 1. The van der Waals surface area contributed by atoms with Crippen LogP contribution in [0.2, 0.25) is 0 Å². The zero-order valence-corrected chi connectivity index (χ0v) is 13.3. The van der Waals surface area contributed by atoms with E-state index in [0.29, 0.717) is 12.1 Å². The summed E-state index contributed by atoms with van der Waals surface area (Å²) in [7, 11) is 0. The van der Waals surface area contributed by atoms with E-state index in [4.69, 9.17) is 0 Å². The van der Waals surface area contributed by atoms with E-state index in [1.54, 1.807) is 13.1 Å². The molecule has 6 heteroatoms. The quantitative estimate of drug-likeness (QED) is 0.899. The molecular weight excluding hydrogens is 268 g/mol. The molecule has 1 saturated heterocycles. The molecule has 0 bridgehead atoms. The normalized spacial score (nSPS) is 20.6. The number of hydrogen-bond donors (Lipinski definition) is 2. The van der Waals surface area contributed by atoms with E-state index in [1.165, 1.54) is 0 Å². The first-order chi connectivity index (χ1) is 9.77. The molecule has 2 unspecified atom stereocenters. The van der Waals surface area contributed by atoms with Gasteiger partial charge in [-0.05, 0) is 47.0 Å². The van der Waals surface area contributed by atoms with Crippen molar-refractivity contribution >= 4 is 11.7 Å². The molecule has 0 aromatic carbocycles. The van der Waals surface area contributed by atoms with Gasteiger partial charge in [-0.3, -0.25) is 4.68 Å². The summed E-state index contributed by atoms with van der Waals surface area (Å²) < 4.78 is 1.83. The molecule has 1 aliphatic rings. The first-order valence-corrected chi connectivity index (χ1v) is 7.58. The van der Waals surface area contributed by atoms with Gasteiger partial charge in [0.25, 0.3) is 0 Å². The molecule has 0 saturated carbocycles. The number of rotatable bonds is 3. The van der Waals surface area contributed by atoms with E-state index in [2.05, 4.69) is 31.2 Å². The molecule has 0 spiro atoms. The minimum absolute atomic E-state index is 0.105. The number of nitrogens with one attached hydrogen (secondary N) is 1. The Bertz CT molecular complexity index is 490. The Morgan fingerprint density at radius 2 is 2.29 bits per heavy atom. The van der Waals surface area contributed by atoms with Crippen molar-refractivity contribution in [1.82, 2.24) is 14.7 Å². The zero-order chi connectivity index (χ0) is 15.6. The number of anilines is 1. The molecule has 6 nitrogen and oxygen atoms in total. The number of aliphatic hydroxyl groups excluding tert-OH is 1. The second-order valence-corrected chi connectivity index (χ2v) is 6.85. The van der Waals surface area contributed by atoms with E-state index >= 15 is 0 Å². The van der Waals surface area contributed by atoms with E-state index in [0.717, 1.165) is 19.4 Å². The smallest absolute Gasteiger partial charge is 0.322 e. The fourth-order valence-corrected chi connectivity index (χ4v) is 2.69. The van der Waals surface area contributed by atoms with Crippen LogP contribution in [0.15, 0.2) is 12.4 Å². The maximum atomic E-state index is 12.4. The predicted molar refractivity (Wildman–Crippen MR) is 82.3 cm³/mol. The van der Waals surface area contributed by atoms with Gasteiger partial charge in [0.2, 0.25) is 0 Å². The number of amides is 2. The third-order valence-corrected chi connectivity index (χ3v) is 3.77. The lowest BCUT2D eigenvalue weighted by Crippen LogP contribution is -2.40. The van der Waals surface area contributed by atoms with Gasteiger partial charge in [0.1, 0.15) is 0 Å². The molecule has 1 aromatic rings. The van der Waals surface area contributed by atoms with Crippen LogP contribution in [0.3, 0.4) is 0 Å². The lowest BCUT2D eigenvalue weighted by Gasteiger charge is -2.25. The third kappa shape index (κ3) is 3.97. The Morgan fingerprint density at radius 3 is 2.86 bits per heavy atom. The highest BCUT2D eigenvalue weighted by Gasteiger charge is 2.29. The number of hydrogen-bond acceptors (Lipinski definition) is 3. The fraction of sp³-hybridized carbons (Fsp3) is 0.733. The predicted octanol–water partition coefficient (Wildman–Crippen LogP) is 2.41. The van der Waals surface area contributed by atoms with Crippen molar-refractivity contribution in [2.24, 2.45) is 0 Å². The number of likely N-dealkylation sites (tertiary alicyclic amines) is 1. The molecule has 118 valence electrons. The van der Waals surface area contributed by atoms with Gasteiger partial charge in [-0.1, -0.05) is 0 Å². The average molecular weight is 294 g/mol. The molecule has 1 aliphatic heterocycles. The summed E-state index contributed by atoms with van der Waals surface area (Å²) >= 11 is 0. The van der Waals surface area contributed by atoms with Crippen molar-refractivity contribution in [3.63, 3.8) is 0 Å². The monoisotopic (exact) mass is 294 g/mol. The lowest BCUT2D eigenvalue weighted by molar-refractivity contribution is 0.142. The van der Waals surface area contributed by atoms with Crippen LogP contribution >= 0.6 is 0 Å². The van der Waals surface area contributed by atoms with E-state index in [1.807, 2.05) is 15.8 Å². The number of carbonyl (C=O) groups is 1. The molecule has 2 N–H and O–H groups in total. The number of urea groups is 1. The Balaban J connectivity index is 1.99. The molecule has 2 atom stereocenters. The Morgan fingerprint density at radius 1 is 1.57 bits per heavy atom. The minimum atomic E-state index is -0.382. The molecule has 21 heavy (non-hydrogen) atoms. The second kappa shape index (κ2) is 6.05. The lowest BCUT2D eigenvalue weighted by atomic mass is 10.1. The maximum Gasteiger partial charge on any atom is 0.322 e. The van der Waals surface area contributed by atoms with E-state index in [-0.39, 0.29) is 23.7 Å². The van der Waals surface area contributed by atoms with Gasteiger partial charge >= 0.3 is 6.03 Å². The first-order valence-electron chi connectivity index (χ1n) is 7.58. The fourth-order valence-electron chi connectivity index (χ4n) is 2.69. The average Bonchev–Trinajstić information content (AvgIpc) is 2.96. The number of aromatic nitrogens is 2. The SMILES string of the molecule is CC(O)CC1CCCN1C(=O)Nc1cnn(C(C)(C)C)c1. The molecule has 2 rings (SSSR count). The van der Waals surface area contributed by atoms with Crippen LogP contribution in [0.4, 0.5) is 10.5 Å². The van der Waals surface area contributed by atoms with Crippen LogP contribution in [-0.2, 0) is 5.54 Å². The van der Waals surface area contributed by atoms with Gasteiger partial charge in [0, 0.05) is 18.8 Å². The molecule has 1 fully saturated rings. The van der Waals surface area contributed by atoms with Crippen LogP contribution in [0.5, 0.6) is 0 Å². The van der Waals surface area contributed by atoms with Crippen molar-refractivity contribution in [1.29, 1.82) is 0 Å². The largest absolute Gasteiger partial charge is 0.393 e. The number of nitrogens with zero attached hydrogens (tertiary/aromatic N) is 3. The highest BCUT2D eigenvalue weighted by molar-refractivity contribution is 5.89. The van der Waals surface area contributed by atoms with Gasteiger partial charge in [-0.25, -0.2) is 4.79 Å². The first kappa shape index (κ1) is 15.8. The number of aliphatic hydroxyl groups is 1. The van der Waals surface area contributed by atoms with E-state index < -0.39 is 0 Å². The van der Waals surface area contributed by atoms with Gasteiger partial charge < -0.3 is 15.3 Å². The summed E-state index contributed by atoms with van der Waals surface area (Å²) in [5.74, 6) is 0. The van der Waals surface area contributed by atoms with Crippen LogP contribution in [0, 0.1) is 0 Å². The Labute approximate surface area is 126 Å². The van der Waals surface area contributed by atoms with Gasteiger partial charge in [0.15, 0.2) is 0 Å². The van der Waals surface area contributed by atoms with Crippen LogP contribution < -0.4 is 5.32 Å². The molecule has 0 radical (unpaired) electrons. The Hall–Kier alpha value is -1.56. The summed E-state index contributed by atoms with van der Waals surface area (Å²) in [4.78, 5) is 14.2. The van der Waals surface area contributed by atoms with Crippen molar-refractivity contribution in [3.05, 3.63) is 12.4 Å². The third-order valence-electron chi connectivity index (χ3n) is 3.77. The molecule has 1 aromatic heterocycles. The second-order valence-electron chi connectivity index (χ2n) is 6.85. The van der Waals surface area contributed by atoms with E-state index in [9.17, 15) is 9.90 Å². The zero-order valence-electron chi connectivity index (χ0n) is 13.3. The highest BCUT2D eigenvalue weighted by Crippen LogP contribution is 2.23. The topological polar surface area (TPSA) is 70.4 Å². The summed E-state index contributed by atoms with van der Waals surface area (Å²) in [6, 6.07) is 0.0225. The summed E-state index contributed by atoms with van der Waals surface area (Å²) in [6.45, 7) is 8.69. The van der Waals surface area contributed by atoms with Crippen molar-refractivity contribution in [2.75, 3.05) is 11.9 Å². The summed E-state index contributed by atoms with van der Waals surface area (Å²) in [5.41, 5.74) is 0.600. The Kier molecular flexibility index (Phi) is 4.56. The highest BCUT2D eigenvalue weighted by atomic mass is 16.3. The molecule has 2 amide bonds. The summed E-state index contributed by atoms with van der Waals surface area (Å²) in [5, 5.41) is 16.7. The van der Waals surface area contributed by atoms with Gasteiger partial charge in [0.05, 0.1) is 23.5 Å². The van der Waals surface area contributed by atoms with Crippen molar-refractivity contribution in [2.45, 2.75) is 64.6 Å². The molecule has 2 heterocycles. The van der Waals surface area contributed by atoms with Crippen LogP contribution in [-0.4, -0.2) is 44.5 Å². The molecular formula is C15H26N4O2. The van der Waals surface area contributed by atoms with Gasteiger partial charge in [-0.15, -0.1) is 0 Å². The molecule has 0 aliphatic carbocycles. The maximum absolute atomic E-state index is 12.4. The van der Waals surface area contributed by atoms with Crippen LogP contribution in [0.25, 0.3) is 0 Å². The standard InChI is InChI=1S/C15H26N4O2/c1-11(20)8-13-6-5-7-18(13)14(21)17-12-9-16-19(10-12)15(2,3)4/h9-11,13,20H,5-8H2,1-4H3,(H,17,21). The summed E-state index contributed by atoms with van der Waals surface area (Å²) in [6.07, 6.45) is 5.72. The van der Waals surface area contributed by atoms with Gasteiger partial charge in [-0.2, -0.15) is 5.10 Å². The van der Waals surface area contributed by atoms with Crippen molar-refractivity contribution < 1.29 is 9.90 Å².